The van der Waals surface area contributed by atoms with Crippen molar-refractivity contribution in [1.29, 1.82) is 0 Å². The van der Waals surface area contributed by atoms with Crippen LogP contribution in [0.5, 0.6) is 0 Å². The lowest BCUT2D eigenvalue weighted by Gasteiger charge is -2.12. The minimum absolute atomic E-state index is 0.0538. The third kappa shape index (κ3) is 4.33. The Morgan fingerprint density at radius 3 is 2.45 bits per heavy atom. The number of benzene rings is 2. The molecule has 33 heavy (non-hydrogen) atoms. The molecule has 1 amide bonds. The monoisotopic (exact) mass is 461 g/mol. The summed E-state index contributed by atoms with van der Waals surface area (Å²) >= 11 is 0. The number of nitrogens with two attached hydrogens (primary N) is 1. The van der Waals surface area contributed by atoms with E-state index in [1.807, 2.05) is 18.2 Å². The van der Waals surface area contributed by atoms with Crippen molar-refractivity contribution < 1.29 is 13.2 Å². The molecule has 1 aromatic heterocycles. The number of rotatable bonds is 5. The van der Waals surface area contributed by atoms with E-state index in [0.29, 0.717) is 34.9 Å². The lowest BCUT2D eigenvalue weighted by Crippen LogP contribution is -2.25. The predicted octanol–water partition coefficient (Wildman–Crippen LogP) is 3.11. The fourth-order valence-electron chi connectivity index (χ4n) is 3.71. The molecule has 0 bridgehead atoms. The van der Waals surface area contributed by atoms with Gasteiger partial charge >= 0.3 is 0 Å². The number of nitrogen functional groups attached to an aromatic ring is 1. The van der Waals surface area contributed by atoms with Crippen LogP contribution in [0.15, 0.2) is 71.9 Å². The van der Waals surface area contributed by atoms with Crippen LogP contribution in [0.4, 0.5) is 11.5 Å². The van der Waals surface area contributed by atoms with E-state index in [1.165, 1.54) is 0 Å². The highest BCUT2D eigenvalue weighted by molar-refractivity contribution is 7.89. The summed E-state index contributed by atoms with van der Waals surface area (Å²) in [4.78, 5) is 16.9. The van der Waals surface area contributed by atoms with Gasteiger partial charge in [-0.2, -0.15) is 0 Å². The molecule has 2 heterocycles. The van der Waals surface area contributed by atoms with Crippen molar-refractivity contribution in [2.45, 2.75) is 23.8 Å². The number of hydrogen-bond acceptors (Lipinski definition) is 6. The van der Waals surface area contributed by atoms with Crippen LogP contribution in [0.1, 0.15) is 23.2 Å². The van der Waals surface area contributed by atoms with Gasteiger partial charge in [-0.1, -0.05) is 24.8 Å². The number of hydrogen-bond donors (Lipinski definition) is 4. The standard InChI is InChI=1S/C24H23N5O3S/c1-14-12-26-22-11-16(4-9-20(22)24(30)28-14)21-10-17(13-27-23(21)25)15-2-7-19(8-3-15)33(31,32)29-18-5-6-18/h2-4,7-11,13,18,26,29H,1,5-6,12H2,(H2,25,27)(H,28,30). The number of carbonyl (C=O) groups is 1. The van der Waals surface area contributed by atoms with Crippen LogP contribution in [-0.4, -0.2) is 31.9 Å². The molecule has 0 unspecified atom stereocenters. The topological polar surface area (TPSA) is 126 Å². The molecule has 5 rings (SSSR count). The number of aromatic nitrogens is 1. The summed E-state index contributed by atoms with van der Waals surface area (Å²) in [5, 5.41) is 5.96. The van der Waals surface area contributed by atoms with Crippen LogP contribution in [0.2, 0.25) is 0 Å². The first kappa shape index (κ1) is 21.2. The summed E-state index contributed by atoms with van der Waals surface area (Å²) in [5.41, 5.74) is 11.1. The summed E-state index contributed by atoms with van der Waals surface area (Å²) in [6.07, 6.45) is 3.42. The highest BCUT2D eigenvalue weighted by Crippen LogP contribution is 2.33. The van der Waals surface area contributed by atoms with Gasteiger partial charge in [-0.25, -0.2) is 18.1 Å². The smallest absolute Gasteiger partial charge is 0.257 e. The molecule has 0 spiro atoms. The first-order valence-corrected chi connectivity index (χ1v) is 12.0. The fraction of sp³-hybridized carbons (Fsp3) is 0.167. The Morgan fingerprint density at radius 2 is 1.73 bits per heavy atom. The zero-order valence-corrected chi connectivity index (χ0v) is 18.6. The van der Waals surface area contributed by atoms with Crippen molar-refractivity contribution in [3.8, 4) is 22.3 Å². The second-order valence-electron chi connectivity index (χ2n) is 8.25. The SMILES string of the molecule is C=C1CNc2cc(-c3cc(-c4ccc(S(=O)(=O)NC5CC5)cc4)cnc3N)ccc2C(=O)N1. The number of pyridine rings is 1. The average molecular weight is 462 g/mol. The first-order valence-electron chi connectivity index (χ1n) is 10.6. The Morgan fingerprint density at radius 1 is 1.00 bits per heavy atom. The van der Waals surface area contributed by atoms with Gasteiger partial charge in [0, 0.05) is 34.8 Å². The van der Waals surface area contributed by atoms with E-state index in [1.54, 1.807) is 36.5 Å². The van der Waals surface area contributed by atoms with E-state index < -0.39 is 10.0 Å². The van der Waals surface area contributed by atoms with Crippen LogP contribution in [0.3, 0.4) is 0 Å². The molecule has 1 aliphatic heterocycles. The third-order valence-corrected chi connectivity index (χ3v) is 7.21. The molecule has 9 heteroatoms. The van der Waals surface area contributed by atoms with Crippen molar-refractivity contribution in [3.05, 3.63) is 72.6 Å². The molecule has 0 radical (unpaired) electrons. The lowest BCUT2D eigenvalue weighted by molar-refractivity contribution is 0.0968. The van der Waals surface area contributed by atoms with Gasteiger partial charge in [-0.15, -0.1) is 0 Å². The molecule has 168 valence electrons. The van der Waals surface area contributed by atoms with Gasteiger partial charge in [-0.3, -0.25) is 4.79 Å². The van der Waals surface area contributed by atoms with Gasteiger partial charge in [0.1, 0.15) is 5.82 Å². The number of nitrogens with zero attached hydrogens (tertiary/aromatic N) is 1. The quantitative estimate of drug-likeness (QED) is 0.463. The molecule has 8 nitrogen and oxygen atoms in total. The molecule has 1 saturated carbocycles. The van der Waals surface area contributed by atoms with Gasteiger partial charge in [0.15, 0.2) is 0 Å². The summed E-state index contributed by atoms with van der Waals surface area (Å²) in [6.45, 7) is 4.25. The Bertz CT molecular complexity index is 1380. The molecular weight excluding hydrogens is 438 g/mol. The summed E-state index contributed by atoms with van der Waals surface area (Å²) in [5.74, 6) is 0.145. The zero-order valence-electron chi connectivity index (χ0n) is 17.8. The van der Waals surface area contributed by atoms with Crippen LogP contribution < -0.4 is 21.1 Å². The zero-order chi connectivity index (χ0) is 23.2. The van der Waals surface area contributed by atoms with Crippen molar-refractivity contribution in [2.75, 3.05) is 17.6 Å². The lowest BCUT2D eigenvalue weighted by atomic mass is 9.99. The van der Waals surface area contributed by atoms with Gasteiger partial charge < -0.3 is 16.4 Å². The van der Waals surface area contributed by atoms with Crippen LogP contribution in [-0.2, 0) is 10.0 Å². The molecule has 2 aromatic carbocycles. The van der Waals surface area contributed by atoms with Crippen molar-refractivity contribution in [2.24, 2.45) is 0 Å². The van der Waals surface area contributed by atoms with E-state index in [9.17, 15) is 13.2 Å². The van der Waals surface area contributed by atoms with Crippen molar-refractivity contribution in [1.82, 2.24) is 15.0 Å². The molecule has 0 saturated heterocycles. The Balaban J connectivity index is 1.47. The van der Waals surface area contributed by atoms with Crippen LogP contribution in [0, 0.1) is 0 Å². The highest BCUT2D eigenvalue weighted by atomic mass is 32.2. The maximum absolute atomic E-state index is 12.4. The number of carbonyl (C=O) groups excluding carboxylic acids is 1. The van der Waals surface area contributed by atoms with E-state index in [0.717, 1.165) is 29.5 Å². The van der Waals surface area contributed by atoms with E-state index in [4.69, 9.17) is 5.73 Å². The van der Waals surface area contributed by atoms with Crippen LogP contribution in [0.25, 0.3) is 22.3 Å². The second-order valence-corrected chi connectivity index (χ2v) is 9.96. The van der Waals surface area contributed by atoms with Gasteiger partial charge in [0.25, 0.3) is 5.91 Å². The van der Waals surface area contributed by atoms with Crippen molar-refractivity contribution in [3.63, 3.8) is 0 Å². The van der Waals surface area contributed by atoms with Gasteiger partial charge in [0.2, 0.25) is 10.0 Å². The summed E-state index contributed by atoms with van der Waals surface area (Å²) in [7, 11) is -3.51. The molecule has 2 aliphatic rings. The Labute approximate surface area is 192 Å². The first-order chi connectivity index (χ1) is 15.8. The van der Waals surface area contributed by atoms with Gasteiger partial charge in [0.05, 0.1) is 17.0 Å². The maximum Gasteiger partial charge on any atom is 0.257 e. The van der Waals surface area contributed by atoms with E-state index >= 15 is 0 Å². The third-order valence-electron chi connectivity index (χ3n) is 5.67. The Hall–Kier alpha value is -3.69. The second kappa shape index (κ2) is 8.02. The minimum Gasteiger partial charge on any atom is -0.383 e. The summed E-state index contributed by atoms with van der Waals surface area (Å²) in [6, 6.07) is 14.1. The van der Waals surface area contributed by atoms with E-state index in [-0.39, 0.29) is 16.8 Å². The highest BCUT2D eigenvalue weighted by Gasteiger charge is 2.28. The summed E-state index contributed by atoms with van der Waals surface area (Å²) < 4.78 is 27.5. The molecule has 1 fully saturated rings. The van der Waals surface area contributed by atoms with Crippen molar-refractivity contribution >= 4 is 27.4 Å². The maximum atomic E-state index is 12.4. The number of nitrogens with one attached hydrogen (secondary N) is 3. The minimum atomic E-state index is -3.51. The molecule has 5 N–H and O–H groups in total. The fourth-order valence-corrected chi connectivity index (χ4v) is 5.01. The number of fused-ring (bicyclic) bond motifs is 1. The molecular formula is C24H23N5O3S. The molecule has 1 aliphatic carbocycles. The number of anilines is 2. The number of sulfonamides is 1. The van der Waals surface area contributed by atoms with E-state index in [2.05, 4.69) is 26.9 Å². The molecule has 0 atom stereocenters. The normalized spacial score (nSPS) is 15.9. The Kier molecular flexibility index (Phi) is 5.15. The predicted molar refractivity (Wildman–Crippen MR) is 128 cm³/mol. The number of amides is 1. The largest absolute Gasteiger partial charge is 0.383 e. The van der Waals surface area contributed by atoms with Gasteiger partial charge in [-0.05, 0) is 54.3 Å². The molecule has 3 aromatic rings. The van der Waals surface area contributed by atoms with Crippen LogP contribution >= 0.6 is 0 Å². The average Bonchev–Trinajstić information content (AvgIpc) is 3.62.